The third-order valence-electron chi connectivity index (χ3n) is 4.40. The lowest BCUT2D eigenvalue weighted by molar-refractivity contribution is -0.144. The Morgan fingerprint density at radius 2 is 1.89 bits per heavy atom. The molecule has 4 rings (SSSR count). The van der Waals surface area contributed by atoms with Crippen molar-refractivity contribution < 1.29 is 19.1 Å². The smallest absolute Gasteiger partial charge is 0.307 e. The van der Waals surface area contributed by atoms with E-state index in [1.807, 2.05) is 48.7 Å². The van der Waals surface area contributed by atoms with E-state index in [2.05, 4.69) is 5.10 Å². The van der Waals surface area contributed by atoms with Gasteiger partial charge in [-0.2, -0.15) is 5.10 Å². The Hall–Kier alpha value is -3.61. The highest BCUT2D eigenvalue weighted by Gasteiger charge is 2.25. The van der Waals surface area contributed by atoms with Crippen LogP contribution in [0.25, 0.3) is 5.69 Å². The molecule has 1 aliphatic heterocycles. The first kappa shape index (κ1) is 17.8. The molecule has 0 saturated heterocycles. The standard InChI is InChI=1S/C21H19N3O4/c25-20-15-27-19-9-5-4-8-18(19)23(20)11-10-21(26)28-14-16-12-22-24(13-16)17-6-2-1-3-7-17/h1-9,12-13H,10-11,14-15H2. The summed E-state index contributed by atoms with van der Waals surface area (Å²) in [5, 5.41) is 4.28. The molecule has 0 fully saturated rings. The largest absolute Gasteiger partial charge is 0.482 e. The van der Waals surface area contributed by atoms with Crippen LogP contribution in [0.5, 0.6) is 5.75 Å². The second kappa shape index (κ2) is 7.96. The van der Waals surface area contributed by atoms with Crippen LogP contribution in [-0.4, -0.2) is 34.8 Å². The molecular formula is C21H19N3O4. The third-order valence-corrected chi connectivity index (χ3v) is 4.40. The van der Waals surface area contributed by atoms with Gasteiger partial charge in [-0.15, -0.1) is 0 Å². The average Bonchev–Trinajstić information content (AvgIpc) is 3.21. The van der Waals surface area contributed by atoms with Crippen molar-refractivity contribution in [2.45, 2.75) is 13.0 Å². The molecule has 0 atom stereocenters. The molecule has 2 aromatic carbocycles. The van der Waals surface area contributed by atoms with Crippen molar-refractivity contribution in [1.82, 2.24) is 9.78 Å². The molecule has 0 spiro atoms. The van der Waals surface area contributed by atoms with E-state index >= 15 is 0 Å². The Bertz CT molecular complexity index is 984. The molecule has 0 unspecified atom stereocenters. The Morgan fingerprint density at radius 1 is 1.11 bits per heavy atom. The van der Waals surface area contributed by atoms with Crippen molar-refractivity contribution in [2.75, 3.05) is 18.1 Å². The molecule has 0 saturated carbocycles. The summed E-state index contributed by atoms with van der Waals surface area (Å²) in [4.78, 5) is 25.8. The van der Waals surface area contributed by atoms with Crippen molar-refractivity contribution in [3.63, 3.8) is 0 Å². The first-order chi connectivity index (χ1) is 13.7. The second-order valence-electron chi connectivity index (χ2n) is 6.34. The SMILES string of the molecule is O=C(CCN1C(=O)COc2ccccc21)OCc1cnn(-c2ccccc2)c1. The lowest BCUT2D eigenvalue weighted by Gasteiger charge is -2.28. The summed E-state index contributed by atoms with van der Waals surface area (Å²) < 4.78 is 12.5. The van der Waals surface area contributed by atoms with Crippen LogP contribution in [0.1, 0.15) is 12.0 Å². The number of rotatable bonds is 6. The fraction of sp³-hybridized carbons (Fsp3) is 0.190. The van der Waals surface area contributed by atoms with Gasteiger partial charge in [0.1, 0.15) is 12.4 Å². The summed E-state index contributed by atoms with van der Waals surface area (Å²) in [6, 6.07) is 17.0. The van der Waals surface area contributed by atoms with E-state index in [0.29, 0.717) is 11.4 Å². The van der Waals surface area contributed by atoms with Crippen LogP contribution in [0, 0.1) is 0 Å². The first-order valence-electron chi connectivity index (χ1n) is 8.97. The first-order valence-corrected chi connectivity index (χ1v) is 8.97. The number of benzene rings is 2. The summed E-state index contributed by atoms with van der Waals surface area (Å²) in [5.74, 6) is 0.101. The summed E-state index contributed by atoms with van der Waals surface area (Å²) in [7, 11) is 0. The minimum atomic E-state index is -0.371. The quantitative estimate of drug-likeness (QED) is 0.618. The lowest BCUT2D eigenvalue weighted by Crippen LogP contribution is -2.40. The minimum Gasteiger partial charge on any atom is -0.482 e. The van der Waals surface area contributed by atoms with Gasteiger partial charge in [-0.1, -0.05) is 30.3 Å². The van der Waals surface area contributed by atoms with Gasteiger partial charge in [0, 0.05) is 18.3 Å². The number of esters is 1. The molecule has 3 aromatic rings. The lowest BCUT2D eigenvalue weighted by atomic mass is 10.2. The zero-order valence-electron chi connectivity index (χ0n) is 15.2. The van der Waals surface area contributed by atoms with Gasteiger partial charge in [0.05, 0.1) is 24.0 Å². The third kappa shape index (κ3) is 3.88. The van der Waals surface area contributed by atoms with Crippen LogP contribution >= 0.6 is 0 Å². The molecule has 0 bridgehead atoms. The molecule has 1 amide bonds. The Morgan fingerprint density at radius 3 is 2.75 bits per heavy atom. The maximum Gasteiger partial charge on any atom is 0.307 e. The van der Waals surface area contributed by atoms with E-state index in [1.54, 1.807) is 27.9 Å². The number of hydrogen-bond acceptors (Lipinski definition) is 5. The molecule has 142 valence electrons. The van der Waals surface area contributed by atoms with E-state index in [9.17, 15) is 9.59 Å². The zero-order chi connectivity index (χ0) is 19.3. The fourth-order valence-corrected chi connectivity index (χ4v) is 2.99. The monoisotopic (exact) mass is 377 g/mol. The number of hydrogen-bond donors (Lipinski definition) is 0. The van der Waals surface area contributed by atoms with Gasteiger partial charge < -0.3 is 14.4 Å². The van der Waals surface area contributed by atoms with Crippen LogP contribution in [0.4, 0.5) is 5.69 Å². The highest BCUT2D eigenvalue weighted by Crippen LogP contribution is 2.31. The zero-order valence-corrected chi connectivity index (χ0v) is 15.2. The van der Waals surface area contributed by atoms with E-state index in [4.69, 9.17) is 9.47 Å². The highest BCUT2D eigenvalue weighted by molar-refractivity contribution is 5.98. The van der Waals surface area contributed by atoms with Gasteiger partial charge in [0.15, 0.2) is 6.61 Å². The molecule has 28 heavy (non-hydrogen) atoms. The molecule has 0 radical (unpaired) electrons. The Labute approximate surface area is 162 Å². The van der Waals surface area contributed by atoms with E-state index in [-0.39, 0.29) is 38.1 Å². The maximum absolute atomic E-state index is 12.1. The number of anilines is 1. The van der Waals surface area contributed by atoms with E-state index < -0.39 is 0 Å². The summed E-state index contributed by atoms with van der Waals surface area (Å²) in [6.45, 7) is 0.366. The van der Waals surface area contributed by atoms with Crippen molar-refractivity contribution in [1.29, 1.82) is 0 Å². The van der Waals surface area contributed by atoms with Gasteiger partial charge in [0.25, 0.3) is 5.91 Å². The molecule has 2 heterocycles. The van der Waals surface area contributed by atoms with Crippen LogP contribution in [0.2, 0.25) is 0 Å². The Balaban J connectivity index is 1.31. The van der Waals surface area contributed by atoms with Gasteiger partial charge in [-0.25, -0.2) is 4.68 Å². The highest BCUT2D eigenvalue weighted by atomic mass is 16.5. The van der Waals surface area contributed by atoms with Crippen LogP contribution < -0.4 is 9.64 Å². The number of aromatic nitrogens is 2. The average molecular weight is 377 g/mol. The van der Waals surface area contributed by atoms with Gasteiger partial charge in [-0.05, 0) is 24.3 Å². The normalized spacial score (nSPS) is 13.0. The fourth-order valence-electron chi connectivity index (χ4n) is 2.99. The minimum absolute atomic E-state index is 0.0231. The molecule has 0 aliphatic carbocycles. The molecule has 0 N–H and O–H groups in total. The van der Waals surface area contributed by atoms with Gasteiger partial charge >= 0.3 is 5.97 Å². The van der Waals surface area contributed by atoms with Gasteiger partial charge in [0.2, 0.25) is 0 Å². The summed E-state index contributed by atoms with van der Waals surface area (Å²) in [5.41, 5.74) is 2.41. The second-order valence-corrected chi connectivity index (χ2v) is 6.34. The number of amides is 1. The predicted molar refractivity (Wildman–Crippen MR) is 102 cm³/mol. The molecule has 1 aliphatic rings. The summed E-state index contributed by atoms with van der Waals surface area (Å²) >= 11 is 0. The predicted octanol–water partition coefficient (Wildman–Crippen LogP) is 2.73. The van der Waals surface area contributed by atoms with Crippen LogP contribution in [0.15, 0.2) is 67.0 Å². The van der Waals surface area contributed by atoms with Crippen molar-refractivity contribution in [2.24, 2.45) is 0 Å². The maximum atomic E-state index is 12.1. The molecular weight excluding hydrogens is 358 g/mol. The topological polar surface area (TPSA) is 73.7 Å². The molecule has 7 heteroatoms. The number of carbonyl (C=O) groups excluding carboxylic acids is 2. The van der Waals surface area contributed by atoms with E-state index in [1.165, 1.54) is 0 Å². The van der Waals surface area contributed by atoms with Crippen molar-refractivity contribution >= 4 is 17.6 Å². The van der Waals surface area contributed by atoms with Crippen molar-refractivity contribution in [3.05, 3.63) is 72.6 Å². The number of ether oxygens (including phenoxy) is 2. The number of fused-ring (bicyclic) bond motifs is 1. The van der Waals surface area contributed by atoms with E-state index in [0.717, 1.165) is 11.3 Å². The van der Waals surface area contributed by atoms with Crippen LogP contribution in [-0.2, 0) is 20.9 Å². The number of para-hydroxylation sites is 3. The Kier molecular flexibility index (Phi) is 5.05. The van der Waals surface area contributed by atoms with Crippen LogP contribution in [0.3, 0.4) is 0 Å². The number of carbonyl (C=O) groups is 2. The molecule has 7 nitrogen and oxygen atoms in total. The van der Waals surface area contributed by atoms with Gasteiger partial charge in [-0.3, -0.25) is 9.59 Å². The number of nitrogens with zero attached hydrogens (tertiary/aromatic N) is 3. The summed E-state index contributed by atoms with van der Waals surface area (Å²) in [6.07, 6.45) is 3.60. The van der Waals surface area contributed by atoms with Crippen molar-refractivity contribution in [3.8, 4) is 11.4 Å². The molecule has 1 aromatic heterocycles.